The number of carbonyl (C=O) groups is 2. The van der Waals surface area contributed by atoms with Gasteiger partial charge in [0.05, 0.1) is 23.4 Å². The van der Waals surface area contributed by atoms with Crippen molar-refractivity contribution in [1.29, 1.82) is 0 Å². The molecule has 0 amide bonds. The van der Waals surface area contributed by atoms with E-state index in [0.29, 0.717) is 18.2 Å². The van der Waals surface area contributed by atoms with E-state index in [2.05, 4.69) is 20.8 Å². The van der Waals surface area contributed by atoms with Gasteiger partial charge in [0.15, 0.2) is 0 Å². The number of rotatable bonds is 7. The average molecular weight is 485 g/mol. The summed E-state index contributed by atoms with van der Waals surface area (Å²) in [5, 5.41) is 25.4. The molecule has 0 aliphatic carbocycles. The van der Waals surface area contributed by atoms with Gasteiger partial charge in [-0.25, -0.2) is 20.0 Å². The van der Waals surface area contributed by atoms with Gasteiger partial charge in [-0.1, -0.05) is 36.4 Å². The lowest BCUT2D eigenvalue weighted by molar-refractivity contribution is 0.0686. The molecule has 9 heteroatoms. The van der Waals surface area contributed by atoms with E-state index in [9.17, 15) is 9.59 Å². The highest BCUT2D eigenvalue weighted by atomic mass is 79.9. The number of hydrazone groups is 1. The molecule has 0 unspecified atom stereocenters. The Morgan fingerprint density at radius 2 is 1.39 bits per heavy atom. The molecule has 4 N–H and O–H groups in total. The van der Waals surface area contributed by atoms with Crippen molar-refractivity contribution in [3.05, 3.63) is 82.9 Å². The van der Waals surface area contributed by atoms with Gasteiger partial charge in [0, 0.05) is 6.54 Å². The second-order valence-electron chi connectivity index (χ2n) is 6.33. The minimum atomic E-state index is -0.973. The van der Waals surface area contributed by atoms with Gasteiger partial charge in [-0.15, -0.1) is 17.0 Å². The number of hydrogen-bond acceptors (Lipinski definition) is 6. The molecule has 3 rings (SSSR count). The van der Waals surface area contributed by atoms with Crippen molar-refractivity contribution in [3.8, 4) is 0 Å². The monoisotopic (exact) mass is 484 g/mol. The van der Waals surface area contributed by atoms with E-state index in [0.717, 1.165) is 17.7 Å². The second-order valence-corrected chi connectivity index (χ2v) is 6.33. The Labute approximate surface area is 189 Å². The molecule has 160 valence electrons. The highest BCUT2D eigenvalue weighted by Crippen LogP contribution is 2.09. The van der Waals surface area contributed by atoms with Crippen molar-refractivity contribution in [2.45, 2.75) is 0 Å². The Balaban J connectivity index is 0.00000341. The first kappa shape index (κ1) is 23.6. The summed E-state index contributed by atoms with van der Waals surface area (Å²) < 4.78 is 0. The molecule has 0 spiro atoms. The minimum absolute atomic E-state index is 0. The summed E-state index contributed by atoms with van der Waals surface area (Å²) in [5.74, 6) is -1.36. The third kappa shape index (κ3) is 7.23. The van der Waals surface area contributed by atoms with Crippen molar-refractivity contribution in [2.75, 3.05) is 13.1 Å². The number of carboxylic acids is 2. The third-order valence-corrected chi connectivity index (χ3v) is 4.17. The van der Waals surface area contributed by atoms with Crippen LogP contribution in [0.3, 0.4) is 0 Å². The van der Waals surface area contributed by atoms with Crippen LogP contribution in [0.25, 0.3) is 12.2 Å². The molecular weight excluding hydrogens is 464 g/mol. The fourth-order valence-electron chi connectivity index (χ4n) is 2.56. The van der Waals surface area contributed by atoms with E-state index in [4.69, 9.17) is 10.2 Å². The van der Waals surface area contributed by atoms with Gasteiger partial charge >= 0.3 is 11.9 Å². The number of nitrogens with zero attached hydrogens (tertiary/aromatic N) is 2. The number of halogens is 1. The standard InChI is InChI=1S/C22H20N4O4.BrH/c27-20(28)17-7-1-15(2-8-17)5-11-19(25-26-22-23-13-14-24-22)12-6-16-3-9-18(10-4-16)21(29)30;/h1-12H,13-14H2,(H,27,28)(H,29,30)(H2,23,24,26);1H. The lowest BCUT2D eigenvalue weighted by Gasteiger charge is -2.02. The first-order valence-electron chi connectivity index (χ1n) is 9.16. The van der Waals surface area contributed by atoms with Crippen LogP contribution in [0.1, 0.15) is 31.8 Å². The number of benzene rings is 2. The molecule has 1 heterocycles. The van der Waals surface area contributed by atoms with Gasteiger partial charge in [-0.05, 0) is 47.5 Å². The average Bonchev–Trinajstić information content (AvgIpc) is 3.27. The summed E-state index contributed by atoms with van der Waals surface area (Å²) in [6.07, 6.45) is 7.18. The molecule has 31 heavy (non-hydrogen) atoms. The first-order chi connectivity index (χ1) is 14.5. The maximum absolute atomic E-state index is 11.0. The van der Waals surface area contributed by atoms with E-state index >= 15 is 0 Å². The molecule has 0 bridgehead atoms. The van der Waals surface area contributed by atoms with Crippen LogP contribution in [0.2, 0.25) is 0 Å². The lowest BCUT2D eigenvalue weighted by atomic mass is 10.1. The molecule has 1 aliphatic heterocycles. The highest BCUT2D eigenvalue weighted by Gasteiger charge is 2.04. The number of guanidine groups is 1. The molecular formula is C22H21BrN4O4. The van der Waals surface area contributed by atoms with Gasteiger partial charge in [0.2, 0.25) is 5.96 Å². The van der Waals surface area contributed by atoms with Gasteiger partial charge in [-0.3, -0.25) is 0 Å². The zero-order chi connectivity index (χ0) is 21.3. The van der Waals surface area contributed by atoms with Gasteiger partial charge in [0.1, 0.15) is 0 Å². The summed E-state index contributed by atoms with van der Waals surface area (Å²) >= 11 is 0. The Morgan fingerprint density at radius 3 is 1.77 bits per heavy atom. The zero-order valence-corrected chi connectivity index (χ0v) is 18.1. The topological polar surface area (TPSA) is 123 Å². The number of nitrogens with one attached hydrogen (secondary N) is 2. The van der Waals surface area contributed by atoms with Gasteiger partial charge in [0.25, 0.3) is 0 Å². The molecule has 8 nitrogen and oxygen atoms in total. The molecule has 0 saturated heterocycles. The predicted molar refractivity (Wildman–Crippen MR) is 126 cm³/mol. The summed E-state index contributed by atoms with van der Waals surface area (Å²) in [7, 11) is 0. The van der Waals surface area contributed by atoms with Crippen molar-refractivity contribution in [2.24, 2.45) is 10.1 Å². The van der Waals surface area contributed by atoms with Crippen molar-refractivity contribution in [1.82, 2.24) is 10.7 Å². The Bertz CT molecular complexity index is 973. The number of aliphatic imine (C=N–C) groups is 1. The van der Waals surface area contributed by atoms with Crippen LogP contribution < -0.4 is 10.7 Å². The fourth-order valence-corrected chi connectivity index (χ4v) is 2.56. The molecule has 2 aromatic rings. The van der Waals surface area contributed by atoms with Crippen LogP contribution in [0.5, 0.6) is 0 Å². The molecule has 0 saturated carbocycles. The summed E-state index contributed by atoms with van der Waals surface area (Å²) in [5.41, 5.74) is 5.55. The van der Waals surface area contributed by atoms with Crippen molar-refractivity contribution < 1.29 is 19.8 Å². The maximum atomic E-state index is 11.0. The van der Waals surface area contributed by atoms with E-state index in [-0.39, 0.29) is 28.1 Å². The van der Waals surface area contributed by atoms with Crippen LogP contribution in [0, 0.1) is 0 Å². The molecule has 0 radical (unpaired) electrons. The van der Waals surface area contributed by atoms with Gasteiger partial charge in [-0.2, -0.15) is 5.10 Å². The SMILES string of the molecule is Br.O=C(O)c1ccc(C=CC(C=Cc2ccc(C(=O)O)cc2)=NNC2=NCCN2)cc1. The van der Waals surface area contributed by atoms with E-state index < -0.39 is 11.9 Å². The number of allylic oxidation sites excluding steroid dienone is 2. The highest BCUT2D eigenvalue weighted by molar-refractivity contribution is 8.93. The van der Waals surface area contributed by atoms with E-state index in [1.165, 1.54) is 24.3 Å². The number of hydrogen-bond donors (Lipinski definition) is 4. The first-order valence-corrected chi connectivity index (χ1v) is 9.16. The van der Waals surface area contributed by atoms with Crippen LogP contribution in [-0.2, 0) is 0 Å². The Morgan fingerprint density at radius 1 is 0.903 bits per heavy atom. The van der Waals surface area contributed by atoms with Crippen LogP contribution >= 0.6 is 17.0 Å². The summed E-state index contributed by atoms with van der Waals surface area (Å²) in [6.45, 7) is 1.44. The third-order valence-electron chi connectivity index (χ3n) is 4.17. The second kappa shape index (κ2) is 11.5. The summed E-state index contributed by atoms with van der Waals surface area (Å²) in [4.78, 5) is 26.2. The van der Waals surface area contributed by atoms with E-state index in [1.54, 1.807) is 36.4 Å². The normalized spacial score (nSPS) is 12.7. The van der Waals surface area contributed by atoms with Crippen molar-refractivity contribution >= 4 is 52.7 Å². The van der Waals surface area contributed by atoms with Crippen molar-refractivity contribution in [3.63, 3.8) is 0 Å². The Kier molecular flexibility index (Phi) is 8.71. The van der Waals surface area contributed by atoms with Crippen LogP contribution in [0.4, 0.5) is 0 Å². The summed E-state index contributed by atoms with van der Waals surface area (Å²) in [6, 6.07) is 13.0. The maximum Gasteiger partial charge on any atom is 0.335 e. The minimum Gasteiger partial charge on any atom is -0.478 e. The molecule has 0 atom stereocenters. The lowest BCUT2D eigenvalue weighted by Crippen LogP contribution is -2.30. The Hall–Kier alpha value is -3.72. The molecule has 1 aliphatic rings. The predicted octanol–water partition coefficient (Wildman–Crippen LogP) is 3.29. The van der Waals surface area contributed by atoms with E-state index in [1.807, 2.05) is 12.2 Å². The molecule has 0 fully saturated rings. The molecule has 0 aromatic heterocycles. The quantitative estimate of drug-likeness (QED) is 0.353. The van der Waals surface area contributed by atoms with Gasteiger partial charge < -0.3 is 15.5 Å². The zero-order valence-electron chi connectivity index (χ0n) is 16.4. The number of aromatic carboxylic acids is 2. The smallest absolute Gasteiger partial charge is 0.335 e. The fraction of sp³-hybridized carbons (Fsp3) is 0.0909. The number of carboxylic acid groups (broad SMARTS) is 2. The van der Waals surface area contributed by atoms with Crippen LogP contribution in [0.15, 0.2) is 70.8 Å². The molecule has 2 aromatic carbocycles. The largest absolute Gasteiger partial charge is 0.478 e. The van der Waals surface area contributed by atoms with Crippen LogP contribution in [-0.4, -0.2) is 46.9 Å².